The summed E-state index contributed by atoms with van der Waals surface area (Å²) in [4.78, 5) is 0. The number of rotatable bonds is 7. The van der Waals surface area contributed by atoms with Crippen LogP contribution in [0.4, 0.5) is 0 Å². The molecule has 31 heavy (non-hydrogen) atoms. The fourth-order valence-corrected chi connectivity index (χ4v) is 4.21. The van der Waals surface area contributed by atoms with Crippen LogP contribution < -0.4 is 10.6 Å². The molecule has 3 atom stereocenters. The van der Waals surface area contributed by atoms with Gasteiger partial charge < -0.3 is 10.1 Å². The van der Waals surface area contributed by atoms with Crippen molar-refractivity contribution in [1.29, 1.82) is 0 Å². The normalized spacial score (nSPS) is 22.9. The molecule has 0 bridgehead atoms. The summed E-state index contributed by atoms with van der Waals surface area (Å²) in [5, 5.41) is 19.7. The van der Waals surface area contributed by atoms with E-state index in [0.29, 0.717) is 0 Å². The third kappa shape index (κ3) is 5.25. The number of piperidine rings is 1. The molecular formula is C22H30Cl2N6O. The number of nitrogens with one attached hydrogen (secondary N) is 2. The summed E-state index contributed by atoms with van der Waals surface area (Å²) in [6.45, 7) is 3.56. The van der Waals surface area contributed by atoms with Gasteiger partial charge in [0.15, 0.2) is 11.5 Å². The Bertz CT molecular complexity index is 911. The van der Waals surface area contributed by atoms with Crippen molar-refractivity contribution in [3.8, 4) is 0 Å². The van der Waals surface area contributed by atoms with E-state index in [0.717, 1.165) is 37.3 Å². The average molecular weight is 465 g/mol. The van der Waals surface area contributed by atoms with E-state index in [4.69, 9.17) is 4.74 Å². The Kier molecular flexibility index (Phi) is 9.40. The maximum atomic E-state index is 6.15. The lowest BCUT2D eigenvalue weighted by Crippen LogP contribution is -2.63. The maximum absolute atomic E-state index is 6.15. The molecule has 0 amide bonds. The Hall–Kier alpha value is -2.03. The van der Waals surface area contributed by atoms with E-state index >= 15 is 0 Å². The van der Waals surface area contributed by atoms with Gasteiger partial charge in [-0.25, -0.2) is 4.68 Å². The number of hydrogen-bond acceptors (Lipinski definition) is 6. The highest BCUT2D eigenvalue weighted by atomic mass is 35.5. The Morgan fingerprint density at radius 3 is 2.42 bits per heavy atom. The van der Waals surface area contributed by atoms with Crippen LogP contribution in [0.5, 0.6) is 0 Å². The first-order valence-corrected chi connectivity index (χ1v) is 10.2. The average Bonchev–Trinajstić information content (AvgIpc) is 3.28. The number of methoxy groups -OCH3 is 1. The van der Waals surface area contributed by atoms with Crippen molar-refractivity contribution in [2.75, 3.05) is 13.7 Å². The highest BCUT2D eigenvalue weighted by molar-refractivity contribution is 5.85. The second-order valence-corrected chi connectivity index (χ2v) is 7.39. The molecule has 3 aromatic rings. The van der Waals surface area contributed by atoms with Crippen LogP contribution in [-0.4, -0.2) is 39.9 Å². The number of benzene rings is 2. The number of nitrogens with zero attached hydrogens (tertiary/aromatic N) is 4. The van der Waals surface area contributed by atoms with Gasteiger partial charge in [-0.2, -0.15) is 0 Å². The van der Waals surface area contributed by atoms with Crippen LogP contribution in [0.15, 0.2) is 60.7 Å². The zero-order chi connectivity index (χ0) is 20.1. The van der Waals surface area contributed by atoms with Crippen molar-refractivity contribution < 1.29 is 4.74 Å². The molecule has 9 heteroatoms. The molecular weight excluding hydrogens is 435 g/mol. The van der Waals surface area contributed by atoms with Crippen LogP contribution >= 0.6 is 24.8 Å². The fourth-order valence-electron chi connectivity index (χ4n) is 4.21. The Morgan fingerprint density at radius 1 is 1.10 bits per heavy atom. The number of aromatic nitrogens is 4. The van der Waals surface area contributed by atoms with E-state index < -0.39 is 5.72 Å². The van der Waals surface area contributed by atoms with Gasteiger partial charge in [0, 0.05) is 32.2 Å². The highest BCUT2D eigenvalue weighted by Crippen LogP contribution is 2.35. The number of aryl methyl sites for hydroxylation is 1. The maximum Gasteiger partial charge on any atom is 0.160 e. The van der Waals surface area contributed by atoms with E-state index in [1.807, 2.05) is 16.8 Å². The second-order valence-electron chi connectivity index (χ2n) is 7.39. The Morgan fingerprint density at radius 2 is 1.77 bits per heavy atom. The molecule has 2 aromatic carbocycles. The number of ether oxygens (including phenoxy) is 1. The van der Waals surface area contributed by atoms with Gasteiger partial charge in [-0.15, -0.1) is 29.9 Å². The first-order valence-electron chi connectivity index (χ1n) is 10.2. The zero-order valence-corrected chi connectivity index (χ0v) is 19.4. The van der Waals surface area contributed by atoms with E-state index in [1.165, 1.54) is 5.56 Å². The summed E-state index contributed by atoms with van der Waals surface area (Å²) >= 11 is 0. The SMILES string of the molecule is CCc1nnnn1C1CN[C@](OC)(c2ccccc2)[C@H](NCc2ccccc2)C1.Cl.Cl. The lowest BCUT2D eigenvalue weighted by Gasteiger charge is -2.47. The van der Waals surface area contributed by atoms with E-state index in [1.54, 1.807) is 7.11 Å². The third-order valence-corrected chi connectivity index (χ3v) is 5.74. The molecule has 2 N–H and O–H groups in total. The number of halogens is 2. The summed E-state index contributed by atoms with van der Waals surface area (Å²) in [5.41, 5.74) is 1.73. The molecule has 168 valence electrons. The van der Waals surface area contributed by atoms with Crippen molar-refractivity contribution >= 4 is 24.8 Å². The molecule has 7 nitrogen and oxygen atoms in total. The summed E-state index contributed by atoms with van der Waals surface area (Å²) in [6, 6.07) is 21.0. The molecule has 0 radical (unpaired) electrons. The molecule has 1 aromatic heterocycles. The smallest absolute Gasteiger partial charge is 0.160 e. The standard InChI is InChI=1S/C22H28N6O.2ClH/c1-3-21-25-26-27-28(21)19-14-20(23-15-17-10-6-4-7-11-17)22(29-2,24-16-19)18-12-8-5-9-13-18;;/h4-13,19-20,23-24H,3,14-16H2,1-2H3;2*1H/t19?,20-,22+;;/m1../s1. The molecule has 1 fully saturated rings. The van der Waals surface area contributed by atoms with E-state index in [9.17, 15) is 0 Å². The van der Waals surface area contributed by atoms with Gasteiger partial charge in [0.1, 0.15) is 0 Å². The van der Waals surface area contributed by atoms with Crippen LogP contribution in [0.3, 0.4) is 0 Å². The van der Waals surface area contributed by atoms with Crippen molar-refractivity contribution in [3.63, 3.8) is 0 Å². The van der Waals surface area contributed by atoms with Gasteiger partial charge in [-0.05, 0) is 22.4 Å². The Labute approximate surface area is 195 Å². The predicted molar refractivity (Wildman–Crippen MR) is 126 cm³/mol. The van der Waals surface area contributed by atoms with Crippen LogP contribution in [0.2, 0.25) is 0 Å². The lowest BCUT2D eigenvalue weighted by molar-refractivity contribution is -0.0990. The van der Waals surface area contributed by atoms with Crippen molar-refractivity contribution in [2.45, 2.75) is 44.1 Å². The molecule has 1 unspecified atom stereocenters. The number of hydrogen-bond donors (Lipinski definition) is 2. The molecule has 0 spiro atoms. The first-order chi connectivity index (χ1) is 14.3. The van der Waals surface area contributed by atoms with Crippen molar-refractivity contribution in [1.82, 2.24) is 30.8 Å². The van der Waals surface area contributed by atoms with Crippen molar-refractivity contribution in [3.05, 3.63) is 77.6 Å². The topological polar surface area (TPSA) is 76.9 Å². The largest absolute Gasteiger partial charge is 0.358 e. The molecule has 4 rings (SSSR count). The van der Waals surface area contributed by atoms with E-state index in [-0.39, 0.29) is 36.9 Å². The minimum atomic E-state index is -0.618. The molecule has 1 aliphatic rings. The highest BCUT2D eigenvalue weighted by Gasteiger charge is 2.46. The fraction of sp³-hybridized carbons (Fsp3) is 0.409. The van der Waals surface area contributed by atoms with Gasteiger partial charge in [0.05, 0.1) is 12.1 Å². The molecule has 0 saturated carbocycles. The summed E-state index contributed by atoms with van der Waals surface area (Å²) in [7, 11) is 1.77. The van der Waals surface area contributed by atoms with Crippen molar-refractivity contribution in [2.24, 2.45) is 0 Å². The molecule has 2 heterocycles. The van der Waals surface area contributed by atoms with Gasteiger partial charge in [0.2, 0.25) is 0 Å². The predicted octanol–water partition coefficient (Wildman–Crippen LogP) is 3.27. The minimum Gasteiger partial charge on any atom is -0.358 e. The Balaban J connectivity index is 0.00000171. The van der Waals surface area contributed by atoms with Crippen LogP contribution in [-0.2, 0) is 23.4 Å². The monoisotopic (exact) mass is 464 g/mol. The van der Waals surface area contributed by atoms with Crippen LogP contribution in [0.25, 0.3) is 0 Å². The molecule has 1 saturated heterocycles. The molecule has 1 aliphatic heterocycles. The summed E-state index contributed by atoms with van der Waals surface area (Å²) < 4.78 is 8.11. The van der Waals surface area contributed by atoms with Gasteiger partial charge in [-0.3, -0.25) is 5.32 Å². The van der Waals surface area contributed by atoms with Crippen LogP contribution in [0, 0.1) is 0 Å². The summed E-state index contributed by atoms with van der Waals surface area (Å²) in [6.07, 6.45) is 1.65. The summed E-state index contributed by atoms with van der Waals surface area (Å²) in [5.74, 6) is 0.906. The van der Waals surface area contributed by atoms with Gasteiger partial charge in [0.25, 0.3) is 0 Å². The van der Waals surface area contributed by atoms with E-state index in [2.05, 4.69) is 81.6 Å². The molecule has 0 aliphatic carbocycles. The minimum absolute atomic E-state index is 0. The third-order valence-electron chi connectivity index (χ3n) is 5.74. The van der Waals surface area contributed by atoms with Gasteiger partial charge >= 0.3 is 0 Å². The second kappa shape index (κ2) is 11.5. The zero-order valence-electron chi connectivity index (χ0n) is 17.8. The quantitative estimate of drug-likeness (QED) is 0.558. The first kappa shape index (κ1) is 25.2. The van der Waals surface area contributed by atoms with Gasteiger partial charge in [-0.1, -0.05) is 67.6 Å². The lowest BCUT2D eigenvalue weighted by atomic mass is 9.85. The van der Waals surface area contributed by atoms with Crippen LogP contribution in [0.1, 0.15) is 36.3 Å². The number of tetrazole rings is 1.